The van der Waals surface area contributed by atoms with Gasteiger partial charge < -0.3 is 4.74 Å². The molecule has 1 N–H and O–H groups in total. The minimum absolute atomic E-state index is 0.116. The summed E-state index contributed by atoms with van der Waals surface area (Å²) in [6, 6.07) is 7.83. The van der Waals surface area contributed by atoms with Gasteiger partial charge in [-0.25, -0.2) is 9.97 Å². The van der Waals surface area contributed by atoms with E-state index in [9.17, 15) is 0 Å². The van der Waals surface area contributed by atoms with E-state index in [0.29, 0.717) is 0 Å². The molecule has 1 aromatic carbocycles. The Morgan fingerprint density at radius 3 is 2.79 bits per heavy atom. The zero-order valence-corrected chi connectivity index (χ0v) is 15.0. The van der Waals surface area contributed by atoms with Gasteiger partial charge in [-0.1, -0.05) is 12.1 Å². The third kappa shape index (κ3) is 3.38. The van der Waals surface area contributed by atoms with E-state index in [4.69, 9.17) is 4.74 Å². The fraction of sp³-hybridized carbons (Fsp3) is 0.278. The van der Waals surface area contributed by atoms with Gasteiger partial charge in [-0.15, -0.1) is 11.3 Å². The Kier molecular flexibility index (Phi) is 4.76. The van der Waals surface area contributed by atoms with Crippen molar-refractivity contribution in [1.29, 1.82) is 0 Å². The SMILES string of the molecule is Cc1sc2ncnc(N/N=C/c3ccccc3OC(C)C)c2c1C. The largest absolute Gasteiger partial charge is 0.490 e. The van der Waals surface area contributed by atoms with E-state index in [1.54, 1.807) is 23.9 Å². The van der Waals surface area contributed by atoms with Crippen molar-refractivity contribution in [3.63, 3.8) is 0 Å². The average Bonchev–Trinajstić information content (AvgIpc) is 2.84. The van der Waals surface area contributed by atoms with Crippen molar-refractivity contribution in [3.05, 3.63) is 46.6 Å². The first-order valence-corrected chi connectivity index (χ1v) is 8.63. The number of rotatable bonds is 5. The topological polar surface area (TPSA) is 59.4 Å². The first-order valence-electron chi connectivity index (χ1n) is 7.81. The summed E-state index contributed by atoms with van der Waals surface area (Å²) >= 11 is 1.67. The van der Waals surface area contributed by atoms with Crippen LogP contribution in [0.3, 0.4) is 0 Å². The molecule has 2 heterocycles. The Morgan fingerprint density at radius 2 is 2.00 bits per heavy atom. The van der Waals surface area contributed by atoms with Gasteiger partial charge in [-0.05, 0) is 45.4 Å². The number of benzene rings is 1. The van der Waals surface area contributed by atoms with Crippen molar-refractivity contribution in [1.82, 2.24) is 9.97 Å². The van der Waals surface area contributed by atoms with Crippen LogP contribution in [0.25, 0.3) is 10.2 Å². The molecular weight excluding hydrogens is 320 g/mol. The highest BCUT2D eigenvalue weighted by Crippen LogP contribution is 2.32. The van der Waals surface area contributed by atoms with Gasteiger partial charge in [0.15, 0.2) is 5.82 Å². The molecule has 0 spiro atoms. The first kappa shape index (κ1) is 16.4. The molecule has 0 aliphatic carbocycles. The standard InChI is InChI=1S/C18H20N4OS/c1-11(2)23-15-8-6-5-7-14(15)9-21-22-17-16-12(3)13(4)24-18(16)20-10-19-17/h5-11H,1-4H3,(H,19,20,22)/b21-9+. The van der Waals surface area contributed by atoms with Gasteiger partial charge in [0.25, 0.3) is 0 Å². The van der Waals surface area contributed by atoms with E-state index in [2.05, 4.69) is 34.3 Å². The maximum absolute atomic E-state index is 5.80. The Morgan fingerprint density at radius 1 is 1.21 bits per heavy atom. The number of ether oxygens (including phenoxy) is 1. The van der Waals surface area contributed by atoms with Crippen LogP contribution in [0.15, 0.2) is 35.7 Å². The number of hydrazone groups is 1. The number of fused-ring (bicyclic) bond motifs is 1. The van der Waals surface area contributed by atoms with Gasteiger partial charge in [0.05, 0.1) is 17.7 Å². The van der Waals surface area contributed by atoms with Crippen molar-refractivity contribution in [2.24, 2.45) is 5.10 Å². The number of nitrogens with zero attached hydrogens (tertiary/aromatic N) is 3. The summed E-state index contributed by atoms with van der Waals surface area (Å²) in [7, 11) is 0. The van der Waals surface area contributed by atoms with Crippen molar-refractivity contribution in [3.8, 4) is 5.75 Å². The summed E-state index contributed by atoms with van der Waals surface area (Å²) in [6.07, 6.45) is 3.43. The number of aryl methyl sites for hydroxylation is 2. The average molecular weight is 340 g/mol. The molecule has 0 atom stereocenters. The lowest BCUT2D eigenvalue weighted by Crippen LogP contribution is -2.07. The zero-order valence-electron chi connectivity index (χ0n) is 14.2. The normalized spacial score (nSPS) is 11.5. The summed E-state index contributed by atoms with van der Waals surface area (Å²) in [4.78, 5) is 10.9. The lowest BCUT2D eigenvalue weighted by molar-refractivity contribution is 0.242. The van der Waals surface area contributed by atoms with Crippen molar-refractivity contribution >= 4 is 33.6 Å². The van der Waals surface area contributed by atoms with E-state index in [0.717, 1.165) is 27.3 Å². The molecule has 0 fully saturated rings. The quantitative estimate of drug-likeness (QED) is 0.547. The maximum Gasteiger partial charge on any atom is 0.158 e. The minimum atomic E-state index is 0.116. The van der Waals surface area contributed by atoms with Gasteiger partial charge in [0.1, 0.15) is 16.9 Å². The highest BCUT2D eigenvalue weighted by molar-refractivity contribution is 7.18. The van der Waals surface area contributed by atoms with Gasteiger partial charge in [-0.3, -0.25) is 5.43 Å². The zero-order chi connectivity index (χ0) is 17.1. The van der Waals surface area contributed by atoms with Gasteiger partial charge >= 0.3 is 0 Å². The van der Waals surface area contributed by atoms with Crippen LogP contribution in [0.4, 0.5) is 5.82 Å². The van der Waals surface area contributed by atoms with E-state index >= 15 is 0 Å². The molecule has 124 valence electrons. The van der Waals surface area contributed by atoms with Crippen molar-refractivity contribution in [2.45, 2.75) is 33.8 Å². The van der Waals surface area contributed by atoms with E-state index in [1.807, 2.05) is 38.1 Å². The second kappa shape index (κ2) is 6.97. The van der Waals surface area contributed by atoms with Crippen LogP contribution in [0.5, 0.6) is 5.75 Å². The van der Waals surface area contributed by atoms with E-state index < -0.39 is 0 Å². The molecule has 5 nitrogen and oxygen atoms in total. The third-order valence-electron chi connectivity index (χ3n) is 3.62. The van der Waals surface area contributed by atoms with Crippen LogP contribution in [0.2, 0.25) is 0 Å². The smallest absolute Gasteiger partial charge is 0.158 e. The molecule has 0 aliphatic heterocycles. The second-order valence-corrected chi connectivity index (χ2v) is 6.96. The van der Waals surface area contributed by atoms with Crippen LogP contribution >= 0.6 is 11.3 Å². The molecule has 24 heavy (non-hydrogen) atoms. The molecule has 0 unspecified atom stereocenters. The number of thiophene rings is 1. The summed E-state index contributed by atoms with van der Waals surface area (Å²) in [5.74, 6) is 1.54. The number of anilines is 1. The monoisotopic (exact) mass is 340 g/mol. The molecule has 0 amide bonds. The summed E-state index contributed by atoms with van der Waals surface area (Å²) < 4.78 is 5.80. The second-order valence-electron chi connectivity index (χ2n) is 5.76. The van der Waals surface area contributed by atoms with Crippen LogP contribution in [0, 0.1) is 13.8 Å². The number of nitrogens with one attached hydrogen (secondary N) is 1. The third-order valence-corrected chi connectivity index (χ3v) is 4.74. The van der Waals surface area contributed by atoms with E-state index in [-0.39, 0.29) is 6.10 Å². The van der Waals surface area contributed by atoms with Crippen molar-refractivity contribution in [2.75, 3.05) is 5.43 Å². The van der Waals surface area contributed by atoms with Gasteiger partial charge in [0.2, 0.25) is 0 Å². The van der Waals surface area contributed by atoms with Crippen molar-refractivity contribution < 1.29 is 4.74 Å². The summed E-state index contributed by atoms with van der Waals surface area (Å²) in [5, 5.41) is 5.37. The number of aromatic nitrogens is 2. The Balaban J connectivity index is 1.85. The predicted octanol–water partition coefficient (Wildman–Crippen LogP) is 4.54. The Hall–Kier alpha value is -2.47. The molecule has 0 saturated heterocycles. The first-order chi connectivity index (χ1) is 11.6. The molecule has 3 rings (SSSR count). The Bertz CT molecular complexity index is 886. The maximum atomic E-state index is 5.80. The molecular formula is C18H20N4OS. The number of hydrogen-bond acceptors (Lipinski definition) is 6. The van der Waals surface area contributed by atoms with Crippen LogP contribution < -0.4 is 10.2 Å². The van der Waals surface area contributed by atoms with Gasteiger partial charge in [-0.2, -0.15) is 5.10 Å². The molecule has 2 aromatic heterocycles. The number of hydrogen-bond donors (Lipinski definition) is 1. The lowest BCUT2D eigenvalue weighted by atomic mass is 10.2. The van der Waals surface area contributed by atoms with Gasteiger partial charge in [0, 0.05) is 10.4 Å². The highest BCUT2D eigenvalue weighted by atomic mass is 32.1. The van der Waals surface area contributed by atoms with E-state index in [1.165, 1.54) is 10.4 Å². The fourth-order valence-corrected chi connectivity index (χ4v) is 3.38. The van der Waals surface area contributed by atoms with Crippen LogP contribution in [-0.2, 0) is 0 Å². The summed E-state index contributed by atoms with van der Waals surface area (Å²) in [5.41, 5.74) is 5.15. The number of para-hydroxylation sites is 1. The predicted molar refractivity (Wildman–Crippen MR) is 100 cm³/mol. The summed E-state index contributed by atoms with van der Waals surface area (Å²) in [6.45, 7) is 8.18. The van der Waals surface area contributed by atoms with Crippen LogP contribution in [0.1, 0.15) is 29.9 Å². The molecule has 3 aromatic rings. The molecule has 6 heteroatoms. The highest BCUT2D eigenvalue weighted by Gasteiger charge is 2.11. The lowest BCUT2D eigenvalue weighted by Gasteiger charge is -2.11. The molecule has 0 saturated carbocycles. The fourth-order valence-electron chi connectivity index (χ4n) is 2.38. The molecule has 0 aliphatic rings. The minimum Gasteiger partial charge on any atom is -0.490 e. The van der Waals surface area contributed by atoms with Crippen LogP contribution in [-0.4, -0.2) is 22.3 Å². The molecule has 0 bridgehead atoms. The Labute approximate surface area is 145 Å². The molecule has 0 radical (unpaired) electrons.